The third-order valence-electron chi connectivity index (χ3n) is 17.3. The normalized spacial score (nSPS) is 14.8. The van der Waals surface area contributed by atoms with Crippen LogP contribution in [0.2, 0.25) is 0 Å². The maximum absolute atomic E-state index is 13.0. The van der Waals surface area contributed by atoms with E-state index in [0.29, 0.717) is 19.3 Å². The SMILES string of the molecule is CC/C=C\C/C=C\C/C=C\C/C=C\C/C=C\C/C=C\CCCCCCCCCCCCCCCCC(=O)OCC(O)COP(=O)(O)OCC(O)COP(=O)(O)OCC(COC(=O)CCCC/C=C\C/C=C\C/C=C\C/C=C\C/C=C\C/C=C\CC)OC(=O)CCCCCCC/C=C\C/C=C\C/C=C\C/C=C\CCCCC. The Balaban J connectivity index is 4.62. The van der Waals surface area contributed by atoms with Crippen LogP contribution in [0.15, 0.2) is 194 Å². The molecule has 0 aliphatic heterocycles. The van der Waals surface area contributed by atoms with E-state index in [9.17, 15) is 43.5 Å². The van der Waals surface area contributed by atoms with Crippen LogP contribution in [0.4, 0.5) is 0 Å². The molecule has 0 radical (unpaired) electrons. The van der Waals surface area contributed by atoms with Crippen molar-refractivity contribution >= 4 is 33.6 Å². The lowest BCUT2D eigenvalue weighted by Gasteiger charge is -2.21. The zero-order chi connectivity index (χ0) is 80.8. The average molecular weight is 1590 g/mol. The van der Waals surface area contributed by atoms with Gasteiger partial charge in [-0.25, -0.2) is 9.13 Å². The molecule has 0 aliphatic carbocycles. The van der Waals surface area contributed by atoms with Crippen LogP contribution in [0, 0.1) is 0 Å². The van der Waals surface area contributed by atoms with Crippen molar-refractivity contribution in [1.82, 2.24) is 0 Å². The standard InChI is InChI=1S/C93H152O16P2/c1-4-7-10-13-16-19-22-25-28-31-34-37-38-39-40-41-42-43-44-45-46-47-48-51-53-55-58-61-64-67-70-73-76-79-91(96)103-82-88(94)83-105-110(99,100)106-84-89(95)85-107-111(101,102)108-87-90(109-93(98)81-78-75-72-69-66-63-60-57-54-50-36-33-30-27-24-21-18-15-12-9-6-3)86-104-92(97)80-77-74-71-68-65-62-59-56-52-49-35-32-29-26-23-20-17-14-11-8-5-2/h7-8,10-11,16-21,25-30,34-37,39-40,42-43,49-50,56-57,59-60,65,68,88-90,94-95H,4-6,9,12-15,22-24,31-33,38,41,44-48,51-55,58,61-64,66-67,69-87H2,1-3H3,(H,99,100)(H,101,102)/b10-7-,11-8-,19-16-,20-17-,21-18-,28-25-,29-26-,30-27-,37-34-,40-39-,43-42-,49-35-,50-36-,59-56-,60-57-,68-65-. The Kier molecular flexibility index (Phi) is 79.6. The first-order chi connectivity index (χ1) is 54.2. The van der Waals surface area contributed by atoms with Crippen LogP contribution < -0.4 is 0 Å². The number of allylic oxidation sites excluding steroid dienone is 32. The summed E-state index contributed by atoms with van der Waals surface area (Å²) in [5.74, 6) is -1.66. The number of carbonyl (C=O) groups is 3. The van der Waals surface area contributed by atoms with Crippen LogP contribution in [-0.2, 0) is 55.8 Å². The van der Waals surface area contributed by atoms with Gasteiger partial charge in [0.15, 0.2) is 6.10 Å². The number of esters is 3. The summed E-state index contributed by atoms with van der Waals surface area (Å²) in [5, 5.41) is 20.7. The van der Waals surface area contributed by atoms with Crippen molar-refractivity contribution < 1.29 is 75.8 Å². The molecule has 18 heteroatoms. The van der Waals surface area contributed by atoms with E-state index in [4.69, 9.17) is 32.3 Å². The minimum atomic E-state index is -4.96. The van der Waals surface area contributed by atoms with Crippen LogP contribution in [0.5, 0.6) is 0 Å². The van der Waals surface area contributed by atoms with Crippen LogP contribution in [0.25, 0.3) is 0 Å². The Morgan fingerprint density at radius 1 is 0.261 bits per heavy atom. The molecule has 0 aliphatic rings. The number of unbranched alkanes of at least 4 members (excludes halogenated alkanes) is 24. The Hall–Kier alpha value is -5.61. The van der Waals surface area contributed by atoms with Crippen LogP contribution in [0.1, 0.15) is 316 Å². The van der Waals surface area contributed by atoms with Gasteiger partial charge in [0.05, 0.1) is 26.4 Å². The Morgan fingerprint density at radius 2 is 0.477 bits per heavy atom. The molecule has 0 aromatic rings. The number of ether oxygens (including phenoxy) is 3. The fourth-order valence-corrected chi connectivity index (χ4v) is 12.4. The molecule has 5 atom stereocenters. The lowest BCUT2D eigenvalue weighted by Crippen LogP contribution is -2.30. The number of carbonyl (C=O) groups excluding carboxylic acids is 3. The molecule has 0 saturated heterocycles. The zero-order valence-corrected chi connectivity index (χ0v) is 70.8. The number of rotatable bonds is 79. The third kappa shape index (κ3) is 85.1. The quantitative estimate of drug-likeness (QED) is 0.0146. The summed E-state index contributed by atoms with van der Waals surface area (Å²) in [7, 11) is -9.83. The molecule has 0 aromatic heterocycles. The summed E-state index contributed by atoms with van der Waals surface area (Å²) >= 11 is 0. The highest BCUT2D eigenvalue weighted by Crippen LogP contribution is 2.45. The van der Waals surface area contributed by atoms with Crippen molar-refractivity contribution in [1.29, 1.82) is 0 Å². The van der Waals surface area contributed by atoms with Crippen molar-refractivity contribution in [2.75, 3.05) is 39.6 Å². The molecule has 0 heterocycles. The maximum Gasteiger partial charge on any atom is 0.472 e. The largest absolute Gasteiger partial charge is 0.472 e. The van der Waals surface area contributed by atoms with Crippen LogP contribution in [-0.4, -0.2) is 95.9 Å². The fraction of sp³-hybridized carbons (Fsp3) is 0.624. The van der Waals surface area contributed by atoms with Crippen molar-refractivity contribution in [3.63, 3.8) is 0 Å². The zero-order valence-electron chi connectivity index (χ0n) is 69.1. The van der Waals surface area contributed by atoms with E-state index in [0.717, 1.165) is 173 Å². The van der Waals surface area contributed by atoms with E-state index >= 15 is 0 Å². The van der Waals surface area contributed by atoms with Gasteiger partial charge in [0.2, 0.25) is 0 Å². The van der Waals surface area contributed by atoms with Crippen molar-refractivity contribution in [2.45, 2.75) is 334 Å². The van der Waals surface area contributed by atoms with Gasteiger partial charge in [-0.3, -0.25) is 32.5 Å². The summed E-state index contributed by atoms with van der Waals surface area (Å²) in [6.45, 7) is 2.35. The van der Waals surface area contributed by atoms with Gasteiger partial charge < -0.3 is 34.2 Å². The second-order valence-corrected chi connectivity index (χ2v) is 30.8. The molecule has 16 nitrogen and oxygen atoms in total. The van der Waals surface area contributed by atoms with E-state index < -0.39 is 91.5 Å². The van der Waals surface area contributed by atoms with Gasteiger partial charge in [-0.15, -0.1) is 0 Å². The van der Waals surface area contributed by atoms with Crippen LogP contribution >= 0.6 is 15.6 Å². The minimum Gasteiger partial charge on any atom is -0.463 e. The monoisotopic (exact) mass is 1590 g/mol. The molecule has 5 unspecified atom stereocenters. The highest BCUT2D eigenvalue weighted by molar-refractivity contribution is 7.47. The molecule has 0 aromatic carbocycles. The second-order valence-electron chi connectivity index (χ2n) is 27.9. The first kappa shape index (κ1) is 105. The van der Waals surface area contributed by atoms with Gasteiger partial charge in [0.1, 0.15) is 25.4 Å². The predicted octanol–water partition coefficient (Wildman–Crippen LogP) is 25.9. The number of aliphatic hydroxyl groups is 2. The topological polar surface area (TPSA) is 231 Å². The van der Waals surface area contributed by atoms with E-state index in [1.807, 2.05) is 0 Å². The average Bonchev–Trinajstić information content (AvgIpc) is 0.900. The van der Waals surface area contributed by atoms with E-state index in [1.54, 1.807) is 0 Å². The summed E-state index contributed by atoms with van der Waals surface area (Å²) < 4.78 is 61.2. The van der Waals surface area contributed by atoms with Gasteiger partial charge >= 0.3 is 33.6 Å². The molecular weight excluding hydrogens is 1430 g/mol. The fourth-order valence-electron chi connectivity index (χ4n) is 10.9. The van der Waals surface area contributed by atoms with Crippen LogP contribution in [0.3, 0.4) is 0 Å². The number of phosphoric ester groups is 2. The van der Waals surface area contributed by atoms with Crippen molar-refractivity contribution in [3.05, 3.63) is 194 Å². The lowest BCUT2D eigenvalue weighted by molar-refractivity contribution is -0.161. The van der Waals surface area contributed by atoms with Crippen molar-refractivity contribution in [3.8, 4) is 0 Å². The second kappa shape index (κ2) is 83.8. The highest BCUT2D eigenvalue weighted by Gasteiger charge is 2.29. The number of hydrogen-bond acceptors (Lipinski definition) is 14. The van der Waals surface area contributed by atoms with Gasteiger partial charge in [-0.05, 0) is 167 Å². The molecule has 0 bridgehead atoms. The van der Waals surface area contributed by atoms with Gasteiger partial charge in [-0.1, -0.05) is 324 Å². The maximum atomic E-state index is 13.0. The van der Waals surface area contributed by atoms with Gasteiger partial charge in [0, 0.05) is 19.3 Å². The predicted molar refractivity (Wildman–Crippen MR) is 463 cm³/mol. The van der Waals surface area contributed by atoms with E-state index in [-0.39, 0.29) is 19.3 Å². The molecule has 0 saturated carbocycles. The Labute approximate surface area is 674 Å². The smallest absolute Gasteiger partial charge is 0.463 e. The van der Waals surface area contributed by atoms with E-state index in [1.165, 1.54) is 83.5 Å². The number of phosphoric acid groups is 2. The summed E-state index contributed by atoms with van der Waals surface area (Å²) in [5.41, 5.74) is 0. The summed E-state index contributed by atoms with van der Waals surface area (Å²) in [6, 6.07) is 0. The molecular formula is C93H152O16P2. The molecule has 4 N–H and O–H groups in total. The molecule has 111 heavy (non-hydrogen) atoms. The molecule has 0 spiro atoms. The van der Waals surface area contributed by atoms with E-state index in [2.05, 4.69) is 215 Å². The molecule has 630 valence electrons. The van der Waals surface area contributed by atoms with Gasteiger partial charge in [0.25, 0.3) is 0 Å². The lowest BCUT2D eigenvalue weighted by atomic mass is 10.0. The molecule has 0 rings (SSSR count). The first-order valence-corrected chi connectivity index (χ1v) is 45.7. The minimum absolute atomic E-state index is 0.0666. The molecule has 0 fully saturated rings. The highest BCUT2D eigenvalue weighted by atomic mass is 31.2. The number of hydrogen-bond donors (Lipinski definition) is 4. The third-order valence-corrected chi connectivity index (χ3v) is 19.2. The summed E-state index contributed by atoms with van der Waals surface area (Å²) in [6.07, 6.45) is 110. The molecule has 0 amide bonds. The van der Waals surface area contributed by atoms with Crippen molar-refractivity contribution in [2.24, 2.45) is 0 Å². The number of aliphatic hydroxyl groups excluding tert-OH is 2. The Bertz CT molecular complexity index is 2800. The summed E-state index contributed by atoms with van der Waals surface area (Å²) in [4.78, 5) is 58.8. The first-order valence-electron chi connectivity index (χ1n) is 42.7. The van der Waals surface area contributed by atoms with Gasteiger partial charge in [-0.2, -0.15) is 0 Å². The Morgan fingerprint density at radius 3 is 0.775 bits per heavy atom.